The molecule has 0 aromatic heterocycles. The Morgan fingerprint density at radius 2 is 2.33 bits per heavy atom. The van der Waals surface area contributed by atoms with Crippen molar-refractivity contribution < 1.29 is 13.9 Å². The molecule has 2 fully saturated rings. The van der Waals surface area contributed by atoms with E-state index >= 15 is 0 Å². The van der Waals surface area contributed by atoms with Crippen molar-refractivity contribution in [2.45, 2.75) is 32.1 Å². The SMILES string of the molecule is C=C(F)C1(CC(=O)OC)CC2CCC1C2. The number of hydrogen-bond donors (Lipinski definition) is 0. The average Bonchev–Trinajstić information content (AvgIpc) is 2.77. The van der Waals surface area contributed by atoms with E-state index in [-0.39, 0.29) is 18.2 Å². The lowest BCUT2D eigenvalue weighted by Gasteiger charge is -2.35. The molecule has 0 spiro atoms. The number of fused-ring (bicyclic) bond motifs is 2. The van der Waals surface area contributed by atoms with Crippen LogP contribution in [0.25, 0.3) is 0 Å². The fraction of sp³-hybridized carbons (Fsp3) is 0.750. The lowest BCUT2D eigenvalue weighted by atomic mass is 9.70. The van der Waals surface area contributed by atoms with Gasteiger partial charge in [0.25, 0.3) is 0 Å². The maximum absolute atomic E-state index is 13.6. The number of esters is 1. The normalized spacial score (nSPS) is 38.0. The van der Waals surface area contributed by atoms with Crippen LogP contribution in [0.1, 0.15) is 32.1 Å². The van der Waals surface area contributed by atoms with Crippen molar-refractivity contribution in [3.05, 3.63) is 12.4 Å². The van der Waals surface area contributed by atoms with E-state index in [0.29, 0.717) is 11.8 Å². The first-order valence-electron chi connectivity index (χ1n) is 5.50. The van der Waals surface area contributed by atoms with Gasteiger partial charge in [-0.25, -0.2) is 4.39 Å². The molecule has 3 atom stereocenters. The zero-order valence-electron chi connectivity index (χ0n) is 9.09. The summed E-state index contributed by atoms with van der Waals surface area (Å²) < 4.78 is 18.3. The minimum Gasteiger partial charge on any atom is -0.469 e. The number of carbonyl (C=O) groups is 1. The van der Waals surface area contributed by atoms with Crippen LogP contribution in [0.5, 0.6) is 0 Å². The van der Waals surface area contributed by atoms with Gasteiger partial charge in [0.15, 0.2) is 0 Å². The summed E-state index contributed by atoms with van der Waals surface area (Å²) in [5.41, 5.74) is -0.601. The average molecular weight is 212 g/mol. The van der Waals surface area contributed by atoms with Gasteiger partial charge in [0.05, 0.1) is 19.4 Å². The molecule has 0 heterocycles. The molecule has 3 heteroatoms. The van der Waals surface area contributed by atoms with E-state index in [9.17, 15) is 9.18 Å². The second-order valence-corrected chi connectivity index (χ2v) is 4.89. The van der Waals surface area contributed by atoms with Gasteiger partial charge in [-0.05, 0) is 31.1 Å². The molecule has 0 saturated heterocycles. The standard InChI is InChI=1S/C12H17FO2/c1-8(13)12(7-11(14)15-2)6-9-3-4-10(12)5-9/h9-10H,1,3-7H2,2H3. The van der Waals surface area contributed by atoms with E-state index in [1.165, 1.54) is 13.5 Å². The molecule has 84 valence electrons. The number of ether oxygens (including phenoxy) is 1. The summed E-state index contributed by atoms with van der Waals surface area (Å²) >= 11 is 0. The van der Waals surface area contributed by atoms with Crippen LogP contribution in [-0.2, 0) is 9.53 Å². The molecular formula is C12H17FO2. The first kappa shape index (κ1) is 10.7. The van der Waals surface area contributed by atoms with Gasteiger partial charge < -0.3 is 4.74 Å². The van der Waals surface area contributed by atoms with Crippen LogP contribution in [0.4, 0.5) is 4.39 Å². The topological polar surface area (TPSA) is 26.3 Å². The Balaban J connectivity index is 2.19. The summed E-state index contributed by atoms with van der Waals surface area (Å²) in [7, 11) is 1.35. The van der Waals surface area contributed by atoms with Crippen molar-refractivity contribution in [1.82, 2.24) is 0 Å². The van der Waals surface area contributed by atoms with E-state index < -0.39 is 5.41 Å². The van der Waals surface area contributed by atoms with E-state index in [2.05, 4.69) is 11.3 Å². The molecule has 2 nitrogen and oxygen atoms in total. The summed E-state index contributed by atoms with van der Waals surface area (Å²) in [6.07, 6.45) is 4.22. The number of rotatable bonds is 3. The second kappa shape index (κ2) is 3.62. The molecule has 0 radical (unpaired) electrons. The Labute approximate surface area is 89.5 Å². The summed E-state index contributed by atoms with van der Waals surface area (Å²) in [4.78, 5) is 11.3. The molecule has 0 amide bonds. The highest BCUT2D eigenvalue weighted by molar-refractivity contribution is 5.70. The van der Waals surface area contributed by atoms with E-state index in [1.807, 2.05) is 0 Å². The molecule has 2 bridgehead atoms. The predicted molar refractivity (Wildman–Crippen MR) is 54.8 cm³/mol. The van der Waals surface area contributed by atoms with Gasteiger partial charge in [-0.2, -0.15) is 0 Å². The van der Waals surface area contributed by atoms with Gasteiger partial charge in [-0.3, -0.25) is 4.79 Å². The number of hydrogen-bond acceptors (Lipinski definition) is 2. The van der Waals surface area contributed by atoms with Crippen LogP contribution < -0.4 is 0 Å². The molecule has 2 rings (SSSR count). The van der Waals surface area contributed by atoms with Crippen LogP contribution in [-0.4, -0.2) is 13.1 Å². The number of allylic oxidation sites excluding steroid dienone is 1. The van der Waals surface area contributed by atoms with E-state index in [4.69, 9.17) is 0 Å². The zero-order chi connectivity index (χ0) is 11.1. The highest BCUT2D eigenvalue weighted by Gasteiger charge is 2.54. The molecule has 2 aliphatic rings. The smallest absolute Gasteiger partial charge is 0.306 e. The maximum Gasteiger partial charge on any atom is 0.306 e. The molecule has 0 aromatic carbocycles. The minimum atomic E-state index is -0.601. The summed E-state index contributed by atoms with van der Waals surface area (Å²) in [5.74, 6) is 0.257. The van der Waals surface area contributed by atoms with Crippen molar-refractivity contribution in [3.63, 3.8) is 0 Å². The van der Waals surface area contributed by atoms with E-state index in [1.54, 1.807) is 0 Å². The summed E-state index contributed by atoms with van der Waals surface area (Å²) in [6.45, 7) is 3.44. The molecule has 3 unspecified atom stereocenters. The van der Waals surface area contributed by atoms with Gasteiger partial charge in [0, 0.05) is 5.41 Å². The van der Waals surface area contributed by atoms with E-state index in [0.717, 1.165) is 19.3 Å². The Morgan fingerprint density at radius 1 is 1.60 bits per heavy atom. The Hall–Kier alpha value is -0.860. The van der Waals surface area contributed by atoms with Crippen molar-refractivity contribution in [3.8, 4) is 0 Å². The third-order valence-corrected chi connectivity index (χ3v) is 4.20. The van der Waals surface area contributed by atoms with Gasteiger partial charge in [0.2, 0.25) is 0 Å². The molecular weight excluding hydrogens is 195 g/mol. The lowest BCUT2D eigenvalue weighted by Crippen LogP contribution is -2.31. The van der Waals surface area contributed by atoms with Crippen molar-refractivity contribution in [2.24, 2.45) is 17.3 Å². The highest BCUT2D eigenvalue weighted by atomic mass is 19.1. The van der Waals surface area contributed by atoms with Gasteiger partial charge in [0.1, 0.15) is 0 Å². The predicted octanol–water partition coefficient (Wildman–Crippen LogP) is 2.84. The van der Waals surface area contributed by atoms with Crippen LogP contribution in [0.3, 0.4) is 0 Å². The third-order valence-electron chi connectivity index (χ3n) is 4.20. The molecule has 2 saturated carbocycles. The first-order valence-corrected chi connectivity index (χ1v) is 5.50. The number of methoxy groups -OCH3 is 1. The van der Waals surface area contributed by atoms with Gasteiger partial charge in [-0.1, -0.05) is 13.0 Å². The van der Waals surface area contributed by atoms with Gasteiger partial charge >= 0.3 is 5.97 Å². The van der Waals surface area contributed by atoms with Crippen LogP contribution in [0.2, 0.25) is 0 Å². The summed E-state index contributed by atoms with van der Waals surface area (Å²) in [6, 6.07) is 0. The molecule has 0 N–H and O–H groups in total. The minimum absolute atomic E-state index is 0.167. The number of halogens is 1. The monoisotopic (exact) mass is 212 g/mol. The fourth-order valence-corrected chi connectivity index (χ4v) is 3.42. The Bertz CT molecular complexity index is 300. The molecule has 0 aromatic rings. The zero-order valence-corrected chi connectivity index (χ0v) is 9.09. The largest absolute Gasteiger partial charge is 0.469 e. The maximum atomic E-state index is 13.6. The Morgan fingerprint density at radius 3 is 2.73 bits per heavy atom. The van der Waals surface area contributed by atoms with Crippen molar-refractivity contribution >= 4 is 5.97 Å². The summed E-state index contributed by atoms with van der Waals surface area (Å²) in [5, 5.41) is 0. The second-order valence-electron chi connectivity index (χ2n) is 4.89. The molecule has 2 aliphatic carbocycles. The lowest BCUT2D eigenvalue weighted by molar-refractivity contribution is -0.144. The number of carbonyl (C=O) groups excluding carboxylic acids is 1. The van der Waals surface area contributed by atoms with Crippen molar-refractivity contribution in [2.75, 3.05) is 7.11 Å². The van der Waals surface area contributed by atoms with Crippen LogP contribution >= 0.6 is 0 Å². The van der Waals surface area contributed by atoms with Gasteiger partial charge in [-0.15, -0.1) is 0 Å². The van der Waals surface area contributed by atoms with Crippen LogP contribution in [0, 0.1) is 17.3 Å². The van der Waals surface area contributed by atoms with Crippen LogP contribution in [0.15, 0.2) is 12.4 Å². The molecule has 15 heavy (non-hydrogen) atoms. The quantitative estimate of drug-likeness (QED) is 0.672. The first-order chi connectivity index (χ1) is 7.08. The fourth-order valence-electron chi connectivity index (χ4n) is 3.42. The van der Waals surface area contributed by atoms with Crippen molar-refractivity contribution in [1.29, 1.82) is 0 Å². The molecule has 0 aliphatic heterocycles. The Kier molecular flexibility index (Phi) is 2.57. The third kappa shape index (κ3) is 1.58. The highest BCUT2D eigenvalue weighted by Crippen LogP contribution is 2.60.